The SMILES string of the molecule is O=S(=O)(c1cccc(-c2csc(N/N=C/c3cccs3)n2)c1)N1CCCCCC1. The van der Waals surface area contributed by atoms with Gasteiger partial charge >= 0.3 is 0 Å². The van der Waals surface area contributed by atoms with Gasteiger partial charge in [0.15, 0.2) is 0 Å². The monoisotopic (exact) mass is 446 g/mol. The second kappa shape index (κ2) is 9.17. The number of thiophene rings is 1. The van der Waals surface area contributed by atoms with E-state index in [0.29, 0.717) is 23.1 Å². The molecule has 6 nitrogen and oxygen atoms in total. The van der Waals surface area contributed by atoms with Crippen molar-refractivity contribution < 1.29 is 8.42 Å². The highest BCUT2D eigenvalue weighted by molar-refractivity contribution is 7.89. The van der Waals surface area contributed by atoms with Crippen molar-refractivity contribution in [3.8, 4) is 11.3 Å². The molecule has 4 rings (SSSR count). The van der Waals surface area contributed by atoms with Gasteiger partial charge in [0.2, 0.25) is 15.2 Å². The first-order valence-electron chi connectivity index (χ1n) is 9.52. The summed E-state index contributed by atoms with van der Waals surface area (Å²) in [5.41, 5.74) is 4.45. The number of nitrogens with one attached hydrogen (secondary N) is 1. The summed E-state index contributed by atoms with van der Waals surface area (Å²) in [6.07, 6.45) is 5.78. The molecule has 3 heterocycles. The number of sulfonamides is 1. The van der Waals surface area contributed by atoms with Gasteiger partial charge in [0, 0.05) is 28.9 Å². The lowest BCUT2D eigenvalue weighted by Gasteiger charge is -2.20. The summed E-state index contributed by atoms with van der Waals surface area (Å²) >= 11 is 3.04. The molecule has 0 spiro atoms. The van der Waals surface area contributed by atoms with E-state index in [-0.39, 0.29) is 0 Å². The molecule has 3 aromatic rings. The van der Waals surface area contributed by atoms with E-state index in [9.17, 15) is 8.42 Å². The van der Waals surface area contributed by atoms with Gasteiger partial charge in [-0.1, -0.05) is 31.0 Å². The van der Waals surface area contributed by atoms with Crippen LogP contribution in [0.4, 0.5) is 5.13 Å². The number of anilines is 1. The van der Waals surface area contributed by atoms with Gasteiger partial charge in [-0.15, -0.1) is 22.7 Å². The summed E-state index contributed by atoms with van der Waals surface area (Å²) in [6, 6.07) is 11.0. The van der Waals surface area contributed by atoms with Crippen LogP contribution in [0.3, 0.4) is 0 Å². The Kier molecular flexibility index (Phi) is 6.39. The molecular formula is C20H22N4O2S3. The van der Waals surface area contributed by atoms with Gasteiger partial charge in [0.25, 0.3) is 0 Å². The van der Waals surface area contributed by atoms with Crippen LogP contribution in [0, 0.1) is 0 Å². The predicted octanol–water partition coefficient (Wildman–Crippen LogP) is 4.88. The fraction of sp³-hybridized carbons (Fsp3) is 0.300. The molecule has 29 heavy (non-hydrogen) atoms. The van der Waals surface area contributed by atoms with Crippen LogP contribution in [0.25, 0.3) is 11.3 Å². The van der Waals surface area contributed by atoms with Crippen LogP contribution in [0.1, 0.15) is 30.6 Å². The molecule has 9 heteroatoms. The van der Waals surface area contributed by atoms with E-state index >= 15 is 0 Å². The summed E-state index contributed by atoms with van der Waals surface area (Å²) < 4.78 is 27.7. The smallest absolute Gasteiger partial charge is 0.243 e. The maximum atomic E-state index is 13.1. The number of rotatable bonds is 6. The van der Waals surface area contributed by atoms with Crippen LogP contribution < -0.4 is 5.43 Å². The van der Waals surface area contributed by atoms with Crippen LogP contribution in [0.15, 0.2) is 57.2 Å². The van der Waals surface area contributed by atoms with E-state index in [0.717, 1.165) is 41.8 Å². The fourth-order valence-corrected chi connectivity index (χ4v) is 6.04. The third-order valence-electron chi connectivity index (χ3n) is 4.73. The molecule has 1 fully saturated rings. The van der Waals surface area contributed by atoms with Crippen molar-refractivity contribution in [2.75, 3.05) is 18.5 Å². The molecule has 1 saturated heterocycles. The minimum absolute atomic E-state index is 0.329. The first-order valence-corrected chi connectivity index (χ1v) is 12.7. The highest BCUT2D eigenvalue weighted by Crippen LogP contribution is 2.28. The summed E-state index contributed by atoms with van der Waals surface area (Å²) in [6.45, 7) is 1.19. The average molecular weight is 447 g/mol. The lowest BCUT2D eigenvalue weighted by atomic mass is 10.2. The van der Waals surface area contributed by atoms with E-state index in [1.54, 1.807) is 40.1 Å². The summed E-state index contributed by atoms with van der Waals surface area (Å²) in [4.78, 5) is 5.92. The molecule has 2 aromatic heterocycles. The predicted molar refractivity (Wildman–Crippen MR) is 120 cm³/mol. The number of nitrogens with zero attached hydrogens (tertiary/aromatic N) is 3. The molecule has 0 bridgehead atoms. The molecule has 0 unspecified atom stereocenters. The number of thiazole rings is 1. The zero-order chi connectivity index (χ0) is 20.1. The van der Waals surface area contributed by atoms with E-state index in [4.69, 9.17) is 0 Å². The number of benzene rings is 1. The molecule has 0 aliphatic carbocycles. The Hall–Kier alpha value is -2.07. The van der Waals surface area contributed by atoms with Gasteiger partial charge in [-0.05, 0) is 36.4 Å². The molecule has 0 radical (unpaired) electrons. The number of aromatic nitrogens is 1. The van der Waals surface area contributed by atoms with Crippen molar-refractivity contribution in [3.05, 3.63) is 52.0 Å². The van der Waals surface area contributed by atoms with Crippen LogP contribution in [-0.2, 0) is 10.0 Å². The summed E-state index contributed by atoms with van der Waals surface area (Å²) in [7, 11) is -3.48. The third kappa shape index (κ3) is 4.92. The van der Waals surface area contributed by atoms with Crippen molar-refractivity contribution in [3.63, 3.8) is 0 Å². The second-order valence-corrected chi connectivity index (χ2v) is 10.5. The molecule has 1 aliphatic heterocycles. The van der Waals surface area contributed by atoms with Gasteiger partial charge in [0.1, 0.15) is 0 Å². The standard InChI is InChI=1S/C20H22N4O2S3/c25-29(26,24-10-3-1-2-4-11-24)18-9-5-7-16(13-18)19-15-28-20(22-19)23-21-14-17-8-6-12-27-17/h5-9,12-15H,1-4,10-11H2,(H,22,23)/b21-14+. The Morgan fingerprint density at radius 1 is 1.07 bits per heavy atom. The molecule has 1 N–H and O–H groups in total. The molecule has 152 valence electrons. The van der Waals surface area contributed by atoms with Crippen molar-refractivity contribution in [2.24, 2.45) is 5.10 Å². The zero-order valence-corrected chi connectivity index (χ0v) is 18.3. The first-order chi connectivity index (χ1) is 14.1. The minimum Gasteiger partial charge on any atom is -0.253 e. The number of hydrogen-bond donors (Lipinski definition) is 1. The van der Waals surface area contributed by atoms with Crippen LogP contribution in [-0.4, -0.2) is 37.0 Å². The van der Waals surface area contributed by atoms with Crippen molar-refractivity contribution >= 4 is 44.0 Å². The fourth-order valence-electron chi connectivity index (χ4n) is 3.22. The Morgan fingerprint density at radius 2 is 1.90 bits per heavy atom. The van der Waals surface area contributed by atoms with Crippen molar-refractivity contribution in [1.82, 2.24) is 9.29 Å². The van der Waals surface area contributed by atoms with Gasteiger partial charge in [-0.2, -0.15) is 9.41 Å². The van der Waals surface area contributed by atoms with E-state index in [1.807, 2.05) is 29.0 Å². The zero-order valence-electron chi connectivity index (χ0n) is 15.8. The van der Waals surface area contributed by atoms with Gasteiger partial charge in [0.05, 0.1) is 16.8 Å². The molecule has 1 aliphatic rings. The van der Waals surface area contributed by atoms with Gasteiger partial charge in [-0.3, -0.25) is 5.43 Å². The van der Waals surface area contributed by atoms with E-state index < -0.39 is 10.0 Å². The topological polar surface area (TPSA) is 74.7 Å². The highest BCUT2D eigenvalue weighted by Gasteiger charge is 2.25. The van der Waals surface area contributed by atoms with Crippen molar-refractivity contribution in [2.45, 2.75) is 30.6 Å². The average Bonchev–Trinajstić information content (AvgIpc) is 3.34. The Labute approximate surface area is 179 Å². The summed E-state index contributed by atoms with van der Waals surface area (Å²) in [5.74, 6) is 0. The number of hydrogen-bond acceptors (Lipinski definition) is 7. The molecule has 0 saturated carbocycles. The Morgan fingerprint density at radius 3 is 2.66 bits per heavy atom. The maximum Gasteiger partial charge on any atom is 0.243 e. The van der Waals surface area contributed by atoms with Gasteiger partial charge in [-0.25, -0.2) is 13.4 Å². The molecule has 0 atom stereocenters. The summed E-state index contributed by atoms with van der Waals surface area (Å²) in [5, 5.41) is 8.76. The highest BCUT2D eigenvalue weighted by atomic mass is 32.2. The van der Waals surface area contributed by atoms with Crippen LogP contribution in [0.5, 0.6) is 0 Å². The second-order valence-electron chi connectivity index (χ2n) is 6.77. The first kappa shape index (κ1) is 20.2. The third-order valence-corrected chi connectivity index (χ3v) is 8.18. The van der Waals surface area contributed by atoms with E-state index in [1.165, 1.54) is 11.3 Å². The van der Waals surface area contributed by atoms with Gasteiger partial charge < -0.3 is 0 Å². The van der Waals surface area contributed by atoms with E-state index in [2.05, 4.69) is 15.5 Å². The minimum atomic E-state index is -3.48. The lowest BCUT2D eigenvalue weighted by molar-refractivity contribution is 0.424. The van der Waals surface area contributed by atoms with Crippen LogP contribution >= 0.6 is 22.7 Å². The van der Waals surface area contributed by atoms with Crippen molar-refractivity contribution in [1.29, 1.82) is 0 Å². The quantitative estimate of drug-likeness (QED) is 0.432. The molecule has 0 amide bonds. The number of hydrazone groups is 1. The molecular weight excluding hydrogens is 424 g/mol. The largest absolute Gasteiger partial charge is 0.253 e. The Balaban J connectivity index is 1.50. The Bertz CT molecular complexity index is 1070. The molecule has 1 aromatic carbocycles. The maximum absolute atomic E-state index is 13.1. The normalized spacial score (nSPS) is 16.1. The van der Waals surface area contributed by atoms with Crippen LogP contribution in [0.2, 0.25) is 0 Å². The lowest BCUT2D eigenvalue weighted by Crippen LogP contribution is -2.31.